The zero-order valence-electron chi connectivity index (χ0n) is 9.39. The smallest absolute Gasteiger partial charge is 0.0479 e. The first-order valence-corrected chi connectivity index (χ1v) is 5.40. The van der Waals surface area contributed by atoms with E-state index in [9.17, 15) is 0 Å². The predicted octanol–water partition coefficient (Wildman–Crippen LogP) is 2.05. The molecule has 2 atom stereocenters. The van der Waals surface area contributed by atoms with Crippen LogP contribution in [0.3, 0.4) is 0 Å². The summed E-state index contributed by atoms with van der Waals surface area (Å²) in [4.78, 5) is 0. The summed E-state index contributed by atoms with van der Waals surface area (Å²) in [5.74, 6) is 1.63. The van der Waals surface area contributed by atoms with E-state index in [1.165, 1.54) is 13.0 Å². The minimum Gasteiger partial charge on any atom is -0.385 e. The van der Waals surface area contributed by atoms with Crippen molar-refractivity contribution in [1.82, 2.24) is 5.32 Å². The molecule has 0 saturated carbocycles. The van der Waals surface area contributed by atoms with Crippen LogP contribution in [-0.4, -0.2) is 25.8 Å². The molecular weight excluding hydrogens is 162 g/mol. The highest BCUT2D eigenvalue weighted by atomic mass is 16.5. The fourth-order valence-electron chi connectivity index (χ4n) is 2.50. The first-order valence-electron chi connectivity index (χ1n) is 5.40. The van der Waals surface area contributed by atoms with Crippen molar-refractivity contribution in [3.05, 3.63) is 0 Å². The predicted molar refractivity (Wildman–Crippen MR) is 55.8 cm³/mol. The summed E-state index contributed by atoms with van der Waals surface area (Å²) in [6.45, 7) is 8.99. The Kier molecular flexibility index (Phi) is 3.74. The van der Waals surface area contributed by atoms with Crippen LogP contribution < -0.4 is 5.32 Å². The molecule has 1 aliphatic rings. The van der Waals surface area contributed by atoms with Gasteiger partial charge < -0.3 is 10.1 Å². The highest BCUT2D eigenvalue weighted by Gasteiger charge is 2.45. The molecule has 0 radical (unpaired) electrons. The zero-order valence-corrected chi connectivity index (χ0v) is 9.39. The molecule has 78 valence electrons. The molecule has 1 N–H and O–H groups in total. The van der Waals surface area contributed by atoms with Crippen molar-refractivity contribution in [1.29, 1.82) is 0 Å². The van der Waals surface area contributed by atoms with Gasteiger partial charge in [-0.25, -0.2) is 0 Å². The van der Waals surface area contributed by atoms with Gasteiger partial charge in [-0.2, -0.15) is 0 Å². The molecule has 2 heteroatoms. The van der Waals surface area contributed by atoms with Crippen LogP contribution in [0, 0.1) is 11.8 Å². The van der Waals surface area contributed by atoms with E-state index in [0.29, 0.717) is 5.54 Å². The molecule has 1 saturated heterocycles. The van der Waals surface area contributed by atoms with Crippen molar-refractivity contribution >= 4 is 0 Å². The Morgan fingerprint density at radius 3 is 2.54 bits per heavy atom. The monoisotopic (exact) mass is 185 g/mol. The quantitative estimate of drug-likeness (QED) is 0.708. The van der Waals surface area contributed by atoms with Gasteiger partial charge >= 0.3 is 0 Å². The number of rotatable bonds is 5. The molecular formula is C11H23NO. The lowest BCUT2D eigenvalue weighted by atomic mass is 9.67. The topological polar surface area (TPSA) is 21.3 Å². The average Bonchev–Trinajstić information content (AvgIpc) is 2.03. The van der Waals surface area contributed by atoms with Gasteiger partial charge in [0.1, 0.15) is 0 Å². The molecule has 0 amide bonds. The lowest BCUT2D eigenvalue weighted by Crippen LogP contribution is -2.66. The van der Waals surface area contributed by atoms with Crippen LogP contribution in [0.15, 0.2) is 0 Å². The summed E-state index contributed by atoms with van der Waals surface area (Å²) in [6.07, 6.45) is 2.38. The van der Waals surface area contributed by atoms with E-state index < -0.39 is 0 Å². The van der Waals surface area contributed by atoms with Crippen molar-refractivity contribution in [2.75, 3.05) is 20.3 Å². The minimum atomic E-state index is 0.379. The van der Waals surface area contributed by atoms with Crippen LogP contribution in [0.5, 0.6) is 0 Å². The Hall–Kier alpha value is -0.0800. The Morgan fingerprint density at radius 2 is 2.23 bits per heavy atom. The summed E-state index contributed by atoms with van der Waals surface area (Å²) in [7, 11) is 1.78. The number of methoxy groups -OCH3 is 1. The second-order valence-electron chi connectivity index (χ2n) is 4.48. The Labute approximate surface area is 82.0 Å². The Morgan fingerprint density at radius 1 is 1.54 bits per heavy atom. The van der Waals surface area contributed by atoms with Gasteiger partial charge in [-0.1, -0.05) is 20.8 Å². The summed E-state index contributed by atoms with van der Waals surface area (Å²) in [5.41, 5.74) is 0.379. The minimum absolute atomic E-state index is 0.379. The van der Waals surface area contributed by atoms with Gasteiger partial charge in [-0.15, -0.1) is 0 Å². The second-order valence-corrected chi connectivity index (χ2v) is 4.48. The van der Waals surface area contributed by atoms with Crippen LogP contribution >= 0.6 is 0 Å². The largest absolute Gasteiger partial charge is 0.385 e. The van der Waals surface area contributed by atoms with Crippen molar-refractivity contribution in [2.24, 2.45) is 11.8 Å². The molecule has 0 spiro atoms. The summed E-state index contributed by atoms with van der Waals surface area (Å²) >= 11 is 0. The highest BCUT2D eigenvalue weighted by molar-refractivity contribution is 5.03. The van der Waals surface area contributed by atoms with E-state index in [0.717, 1.165) is 24.9 Å². The molecule has 13 heavy (non-hydrogen) atoms. The van der Waals surface area contributed by atoms with Gasteiger partial charge in [-0.05, 0) is 24.7 Å². The van der Waals surface area contributed by atoms with Crippen molar-refractivity contribution in [3.8, 4) is 0 Å². The molecule has 0 aromatic heterocycles. The van der Waals surface area contributed by atoms with Crippen molar-refractivity contribution in [2.45, 2.75) is 39.2 Å². The number of ether oxygens (including phenoxy) is 1. The number of hydrogen-bond acceptors (Lipinski definition) is 2. The second kappa shape index (κ2) is 4.43. The molecule has 1 aliphatic heterocycles. The molecule has 0 aliphatic carbocycles. The highest BCUT2D eigenvalue weighted by Crippen LogP contribution is 2.37. The Bertz CT molecular complexity index is 154. The van der Waals surface area contributed by atoms with E-state index in [1.54, 1.807) is 7.11 Å². The molecule has 0 aromatic carbocycles. The fourth-order valence-corrected chi connectivity index (χ4v) is 2.50. The van der Waals surface area contributed by atoms with E-state index in [1.807, 2.05) is 0 Å². The third-order valence-electron chi connectivity index (χ3n) is 3.57. The van der Waals surface area contributed by atoms with E-state index in [4.69, 9.17) is 4.74 Å². The Balaban J connectivity index is 2.49. The molecule has 2 nitrogen and oxygen atoms in total. The van der Waals surface area contributed by atoms with Crippen molar-refractivity contribution in [3.63, 3.8) is 0 Å². The molecule has 1 fully saturated rings. The van der Waals surface area contributed by atoms with Gasteiger partial charge in [0.25, 0.3) is 0 Å². The van der Waals surface area contributed by atoms with Crippen molar-refractivity contribution < 1.29 is 4.74 Å². The first kappa shape index (κ1) is 11.0. The normalized spacial score (nSPS) is 33.5. The van der Waals surface area contributed by atoms with Crippen LogP contribution in [-0.2, 0) is 4.74 Å². The maximum atomic E-state index is 5.16. The summed E-state index contributed by atoms with van der Waals surface area (Å²) in [5, 5.41) is 3.59. The number of nitrogens with one attached hydrogen (secondary N) is 1. The lowest BCUT2D eigenvalue weighted by molar-refractivity contribution is 0.0244. The lowest BCUT2D eigenvalue weighted by Gasteiger charge is -2.53. The number of hydrogen-bond donors (Lipinski definition) is 1. The van der Waals surface area contributed by atoms with Crippen LogP contribution in [0.25, 0.3) is 0 Å². The van der Waals surface area contributed by atoms with E-state index in [-0.39, 0.29) is 0 Å². The maximum Gasteiger partial charge on any atom is 0.0479 e. The van der Waals surface area contributed by atoms with Gasteiger partial charge in [-0.3, -0.25) is 0 Å². The third kappa shape index (κ3) is 2.05. The van der Waals surface area contributed by atoms with Crippen LogP contribution in [0.1, 0.15) is 33.6 Å². The SMILES string of the molecule is CCC1(CCOC)NCC1C(C)C. The zero-order chi connectivity index (χ0) is 9.90. The van der Waals surface area contributed by atoms with Gasteiger partial charge in [0.15, 0.2) is 0 Å². The van der Waals surface area contributed by atoms with Crippen LogP contribution in [0.2, 0.25) is 0 Å². The molecule has 2 unspecified atom stereocenters. The standard InChI is InChI=1S/C11H23NO/c1-5-11(6-7-13-4)10(8-12-11)9(2)3/h9-10,12H,5-8H2,1-4H3. The molecule has 1 heterocycles. The maximum absolute atomic E-state index is 5.16. The van der Waals surface area contributed by atoms with Gasteiger partial charge in [0.2, 0.25) is 0 Å². The summed E-state index contributed by atoms with van der Waals surface area (Å²) in [6, 6.07) is 0. The van der Waals surface area contributed by atoms with Gasteiger partial charge in [0, 0.05) is 25.8 Å². The van der Waals surface area contributed by atoms with E-state index in [2.05, 4.69) is 26.1 Å². The van der Waals surface area contributed by atoms with E-state index >= 15 is 0 Å². The van der Waals surface area contributed by atoms with Gasteiger partial charge in [0.05, 0.1) is 0 Å². The van der Waals surface area contributed by atoms with Crippen LogP contribution in [0.4, 0.5) is 0 Å². The third-order valence-corrected chi connectivity index (χ3v) is 3.57. The first-order chi connectivity index (χ1) is 6.16. The molecule has 0 bridgehead atoms. The summed E-state index contributed by atoms with van der Waals surface area (Å²) < 4.78 is 5.16. The molecule has 0 aromatic rings. The molecule has 1 rings (SSSR count). The fraction of sp³-hybridized carbons (Fsp3) is 1.00. The average molecular weight is 185 g/mol.